The van der Waals surface area contributed by atoms with Crippen LogP contribution in [0.4, 0.5) is 11.4 Å². The molecular formula is C20H18N2O4S2. The van der Waals surface area contributed by atoms with Crippen LogP contribution in [0.5, 0.6) is 11.5 Å². The van der Waals surface area contributed by atoms with Crippen LogP contribution in [0.2, 0.25) is 0 Å². The maximum atomic E-state index is 12.6. The minimum atomic E-state index is -3.72. The number of thiophene rings is 1. The van der Waals surface area contributed by atoms with Crippen LogP contribution in [0.3, 0.4) is 0 Å². The molecule has 0 unspecified atom stereocenters. The highest BCUT2D eigenvalue weighted by atomic mass is 32.2. The van der Waals surface area contributed by atoms with E-state index < -0.39 is 10.0 Å². The fourth-order valence-electron chi connectivity index (χ4n) is 2.90. The predicted octanol–water partition coefficient (Wildman–Crippen LogP) is 4.78. The van der Waals surface area contributed by atoms with Crippen molar-refractivity contribution in [1.82, 2.24) is 0 Å². The summed E-state index contributed by atoms with van der Waals surface area (Å²) in [6, 6.07) is 13.6. The summed E-state index contributed by atoms with van der Waals surface area (Å²) in [6.07, 6.45) is 0.774. The first-order chi connectivity index (χ1) is 13.4. The zero-order valence-electron chi connectivity index (χ0n) is 15.3. The van der Waals surface area contributed by atoms with Gasteiger partial charge in [-0.25, -0.2) is 8.42 Å². The Hall–Kier alpha value is -2.84. The van der Waals surface area contributed by atoms with Gasteiger partial charge in [-0.1, -0.05) is 13.0 Å². The van der Waals surface area contributed by atoms with Gasteiger partial charge in [0.15, 0.2) is 5.75 Å². The normalized spacial score (nSPS) is 13.0. The Kier molecular flexibility index (Phi) is 4.60. The van der Waals surface area contributed by atoms with E-state index in [0.29, 0.717) is 22.9 Å². The molecule has 2 heterocycles. The number of sulfonamides is 1. The van der Waals surface area contributed by atoms with Crippen molar-refractivity contribution in [1.29, 1.82) is 0 Å². The molecule has 1 aliphatic rings. The number of ether oxygens (including phenoxy) is 1. The number of nitrogens with one attached hydrogen (secondary N) is 2. The second kappa shape index (κ2) is 6.96. The van der Waals surface area contributed by atoms with Gasteiger partial charge in [-0.3, -0.25) is 9.52 Å². The van der Waals surface area contributed by atoms with Gasteiger partial charge in [0, 0.05) is 10.6 Å². The summed E-state index contributed by atoms with van der Waals surface area (Å²) < 4.78 is 33.9. The standard InChI is InChI=1S/C20H18N2O4S2/c1-3-14-6-9-19(27-14)28(24,25)22-13-5-8-17-15(11-13)20(23)21-16-10-12(2)4-7-18(16)26-17/h4-11,22H,3H2,1-2H3,(H,21,23). The average molecular weight is 415 g/mol. The molecule has 6 nitrogen and oxygen atoms in total. The lowest BCUT2D eigenvalue weighted by Crippen LogP contribution is -2.14. The van der Waals surface area contributed by atoms with Crippen LogP contribution in [0.25, 0.3) is 0 Å². The summed E-state index contributed by atoms with van der Waals surface area (Å²) in [5, 5.41) is 2.81. The Balaban J connectivity index is 1.65. The van der Waals surface area contributed by atoms with Gasteiger partial charge >= 0.3 is 0 Å². The van der Waals surface area contributed by atoms with Crippen LogP contribution in [-0.4, -0.2) is 14.3 Å². The number of hydrogen-bond acceptors (Lipinski definition) is 5. The molecule has 0 aliphatic carbocycles. The van der Waals surface area contributed by atoms with Gasteiger partial charge in [0.25, 0.3) is 15.9 Å². The second-order valence-electron chi connectivity index (χ2n) is 6.45. The van der Waals surface area contributed by atoms with Gasteiger partial charge in [0.05, 0.1) is 11.3 Å². The van der Waals surface area contributed by atoms with E-state index in [4.69, 9.17) is 4.74 Å². The first-order valence-corrected chi connectivity index (χ1v) is 11.0. The Labute approximate surface area is 167 Å². The Bertz CT molecular complexity index is 1180. The lowest BCUT2D eigenvalue weighted by molar-refractivity contribution is 0.102. The number of anilines is 2. The van der Waals surface area contributed by atoms with E-state index >= 15 is 0 Å². The van der Waals surface area contributed by atoms with Crippen molar-refractivity contribution in [3.8, 4) is 11.5 Å². The van der Waals surface area contributed by atoms with Crippen molar-refractivity contribution in [3.63, 3.8) is 0 Å². The molecule has 0 saturated heterocycles. The van der Waals surface area contributed by atoms with E-state index in [1.165, 1.54) is 17.4 Å². The Morgan fingerprint density at radius 3 is 2.61 bits per heavy atom. The molecule has 0 atom stereocenters. The molecule has 0 saturated carbocycles. The summed E-state index contributed by atoms with van der Waals surface area (Å²) >= 11 is 1.23. The molecule has 4 rings (SSSR count). The third kappa shape index (κ3) is 3.48. The van der Waals surface area contributed by atoms with Crippen molar-refractivity contribution in [3.05, 3.63) is 64.5 Å². The molecule has 2 aromatic carbocycles. The zero-order valence-corrected chi connectivity index (χ0v) is 16.9. The van der Waals surface area contributed by atoms with Crippen LogP contribution in [0, 0.1) is 6.92 Å². The van der Waals surface area contributed by atoms with Gasteiger partial charge in [0.1, 0.15) is 9.96 Å². The molecule has 1 aromatic heterocycles. The van der Waals surface area contributed by atoms with Crippen LogP contribution >= 0.6 is 11.3 Å². The Morgan fingerprint density at radius 2 is 1.86 bits per heavy atom. The number of hydrogen-bond donors (Lipinski definition) is 2. The zero-order chi connectivity index (χ0) is 19.9. The number of aryl methyl sites for hydroxylation is 2. The van der Waals surface area contributed by atoms with Crippen LogP contribution < -0.4 is 14.8 Å². The summed E-state index contributed by atoms with van der Waals surface area (Å²) in [5.74, 6) is 0.550. The maximum absolute atomic E-state index is 12.6. The first kappa shape index (κ1) is 18.5. The highest BCUT2D eigenvalue weighted by Crippen LogP contribution is 2.37. The van der Waals surface area contributed by atoms with E-state index in [9.17, 15) is 13.2 Å². The predicted molar refractivity (Wildman–Crippen MR) is 110 cm³/mol. The van der Waals surface area contributed by atoms with E-state index in [2.05, 4.69) is 10.0 Å². The highest BCUT2D eigenvalue weighted by molar-refractivity contribution is 7.94. The van der Waals surface area contributed by atoms with E-state index in [1.807, 2.05) is 26.0 Å². The van der Waals surface area contributed by atoms with Crippen molar-refractivity contribution in [2.45, 2.75) is 24.5 Å². The van der Waals surface area contributed by atoms with Crippen molar-refractivity contribution in [2.75, 3.05) is 10.0 Å². The molecule has 0 bridgehead atoms. The number of carbonyl (C=O) groups excluding carboxylic acids is 1. The maximum Gasteiger partial charge on any atom is 0.271 e. The van der Waals surface area contributed by atoms with Gasteiger partial charge in [0.2, 0.25) is 0 Å². The SMILES string of the molecule is CCc1ccc(S(=O)(=O)Nc2ccc3c(c2)C(=O)Nc2cc(C)ccc2O3)s1. The van der Waals surface area contributed by atoms with Crippen molar-refractivity contribution < 1.29 is 17.9 Å². The van der Waals surface area contributed by atoms with E-state index in [0.717, 1.165) is 16.9 Å². The number of benzene rings is 2. The van der Waals surface area contributed by atoms with E-state index in [-0.39, 0.29) is 15.7 Å². The fourth-order valence-corrected chi connectivity index (χ4v) is 5.24. The third-order valence-electron chi connectivity index (χ3n) is 4.33. The van der Waals surface area contributed by atoms with Gasteiger partial charge in [-0.05, 0) is 61.4 Å². The number of fused-ring (bicyclic) bond motifs is 2. The molecule has 0 fully saturated rings. The van der Waals surface area contributed by atoms with Crippen molar-refractivity contribution in [2.24, 2.45) is 0 Å². The summed E-state index contributed by atoms with van der Waals surface area (Å²) in [4.78, 5) is 13.6. The smallest absolute Gasteiger partial charge is 0.271 e. The molecular weight excluding hydrogens is 396 g/mol. The molecule has 8 heteroatoms. The molecule has 0 spiro atoms. The van der Waals surface area contributed by atoms with Crippen LogP contribution in [-0.2, 0) is 16.4 Å². The fraction of sp³-hybridized carbons (Fsp3) is 0.150. The molecule has 28 heavy (non-hydrogen) atoms. The first-order valence-electron chi connectivity index (χ1n) is 8.71. The number of amides is 1. The minimum absolute atomic E-state index is 0.239. The molecule has 0 radical (unpaired) electrons. The topological polar surface area (TPSA) is 84.5 Å². The average Bonchev–Trinajstić information content (AvgIpc) is 3.10. The number of carbonyl (C=O) groups is 1. The Morgan fingerprint density at radius 1 is 1.07 bits per heavy atom. The lowest BCUT2D eigenvalue weighted by atomic mass is 10.1. The largest absolute Gasteiger partial charge is 0.454 e. The highest BCUT2D eigenvalue weighted by Gasteiger charge is 2.23. The molecule has 1 amide bonds. The van der Waals surface area contributed by atoms with Gasteiger partial charge < -0.3 is 10.1 Å². The number of rotatable bonds is 4. The molecule has 1 aliphatic heterocycles. The quantitative estimate of drug-likeness (QED) is 0.644. The van der Waals surface area contributed by atoms with Crippen LogP contribution in [0.1, 0.15) is 27.7 Å². The monoisotopic (exact) mass is 414 g/mol. The third-order valence-corrected chi connectivity index (χ3v) is 7.43. The van der Waals surface area contributed by atoms with Gasteiger partial charge in [-0.15, -0.1) is 11.3 Å². The molecule has 3 aromatic rings. The molecule has 144 valence electrons. The summed E-state index contributed by atoms with van der Waals surface area (Å²) in [6.45, 7) is 3.89. The van der Waals surface area contributed by atoms with Crippen LogP contribution in [0.15, 0.2) is 52.7 Å². The molecule has 2 N–H and O–H groups in total. The van der Waals surface area contributed by atoms with Crippen molar-refractivity contribution >= 4 is 38.6 Å². The lowest BCUT2D eigenvalue weighted by Gasteiger charge is -2.10. The minimum Gasteiger partial charge on any atom is -0.454 e. The van der Waals surface area contributed by atoms with E-state index in [1.54, 1.807) is 30.3 Å². The second-order valence-corrected chi connectivity index (χ2v) is 9.52. The van der Waals surface area contributed by atoms with Gasteiger partial charge in [-0.2, -0.15) is 0 Å². The summed E-state index contributed by atoms with van der Waals surface area (Å²) in [5.41, 5.74) is 2.12. The summed E-state index contributed by atoms with van der Waals surface area (Å²) in [7, 11) is -3.72.